The lowest BCUT2D eigenvalue weighted by Crippen LogP contribution is -2.63. The highest BCUT2D eigenvalue weighted by Crippen LogP contribution is 2.28. The molecule has 1 saturated heterocycles. The zero-order valence-electron chi connectivity index (χ0n) is 9.41. The number of carbonyl (C=O) groups is 1. The van der Waals surface area contributed by atoms with Gasteiger partial charge in [-0.25, -0.2) is 0 Å². The average molecular weight is 319 g/mol. The molecule has 1 fully saturated rings. The van der Waals surface area contributed by atoms with Crippen LogP contribution in [0.4, 0.5) is 0 Å². The molecule has 0 unspecified atom stereocenters. The molecule has 1 heterocycles. The van der Waals surface area contributed by atoms with Crippen molar-refractivity contribution < 1.29 is 9.90 Å². The summed E-state index contributed by atoms with van der Waals surface area (Å²) in [5.74, 6) is -0.0856. The fraction of sp³-hybridized carbons (Fsp3) is 0.417. The third-order valence-electron chi connectivity index (χ3n) is 3.08. The fourth-order valence-electron chi connectivity index (χ4n) is 1.84. The summed E-state index contributed by atoms with van der Waals surface area (Å²) in [6, 6.07) is 5.11. The average Bonchev–Trinajstić information content (AvgIpc) is 2.27. The van der Waals surface area contributed by atoms with Crippen LogP contribution < -0.4 is 0 Å². The second kappa shape index (κ2) is 4.59. The number of halogens is 2. The highest BCUT2D eigenvalue weighted by atomic mass is 79.9. The Labute approximate surface area is 114 Å². The molecule has 0 aliphatic carbocycles. The van der Waals surface area contributed by atoms with Crippen molar-refractivity contribution in [2.45, 2.75) is 18.9 Å². The van der Waals surface area contributed by atoms with Crippen LogP contribution in [0.5, 0.6) is 0 Å². The number of nitrogens with zero attached hydrogens (tertiary/aromatic N) is 1. The molecule has 17 heavy (non-hydrogen) atoms. The topological polar surface area (TPSA) is 40.5 Å². The molecule has 1 aromatic rings. The summed E-state index contributed by atoms with van der Waals surface area (Å²) in [5.41, 5.74) is -0.147. The van der Waals surface area contributed by atoms with Crippen molar-refractivity contribution in [2.24, 2.45) is 0 Å². The summed E-state index contributed by atoms with van der Waals surface area (Å²) in [6.07, 6.45) is 0.665. The minimum atomic E-state index is -0.700. The molecule has 0 atom stereocenters. The largest absolute Gasteiger partial charge is 0.386 e. The summed E-state index contributed by atoms with van der Waals surface area (Å²) in [5, 5.41) is 10.4. The number of β-amino-alcohol motifs (C(OH)–C–C–N with tert-alkyl or cyclic N) is 1. The van der Waals surface area contributed by atoms with Crippen molar-refractivity contribution >= 4 is 33.4 Å². The van der Waals surface area contributed by atoms with Crippen LogP contribution in [0.15, 0.2) is 22.7 Å². The van der Waals surface area contributed by atoms with E-state index in [2.05, 4.69) is 15.9 Å². The number of aliphatic hydroxyl groups is 1. The lowest BCUT2D eigenvalue weighted by atomic mass is 9.90. The number of hydrogen-bond acceptors (Lipinski definition) is 2. The summed E-state index contributed by atoms with van der Waals surface area (Å²) in [4.78, 5) is 13.7. The monoisotopic (exact) mass is 317 g/mol. The van der Waals surface area contributed by atoms with E-state index >= 15 is 0 Å². The molecule has 0 saturated carbocycles. The molecule has 5 heteroatoms. The van der Waals surface area contributed by atoms with Gasteiger partial charge < -0.3 is 10.0 Å². The lowest BCUT2D eigenvalue weighted by Gasteiger charge is -2.46. The number of amides is 1. The maximum atomic E-state index is 12.0. The van der Waals surface area contributed by atoms with Crippen molar-refractivity contribution in [2.75, 3.05) is 13.1 Å². The van der Waals surface area contributed by atoms with Gasteiger partial charge in [0.05, 0.1) is 23.7 Å². The smallest absolute Gasteiger partial charge is 0.254 e. The van der Waals surface area contributed by atoms with E-state index in [1.165, 1.54) is 0 Å². The zero-order chi connectivity index (χ0) is 12.6. The van der Waals surface area contributed by atoms with Crippen LogP contribution in [0.2, 0.25) is 5.02 Å². The Morgan fingerprint density at radius 2 is 2.24 bits per heavy atom. The minimum absolute atomic E-state index is 0.0856. The molecule has 2 rings (SSSR count). The van der Waals surface area contributed by atoms with Gasteiger partial charge in [0.25, 0.3) is 5.91 Å². The van der Waals surface area contributed by atoms with Gasteiger partial charge in [-0.3, -0.25) is 4.79 Å². The fourth-order valence-corrected chi connectivity index (χ4v) is 2.27. The summed E-state index contributed by atoms with van der Waals surface area (Å²) in [7, 11) is 0. The second-order valence-corrected chi connectivity index (χ2v) is 5.63. The van der Waals surface area contributed by atoms with E-state index in [0.717, 1.165) is 4.47 Å². The van der Waals surface area contributed by atoms with Gasteiger partial charge in [0.1, 0.15) is 0 Å². The predicted molar refractivity (Wildman–Crippen MR) is 70.3 cm³/mol. The first-order chi connectivity index (χ1) is 7.95. The molecule has 1 amide bonds. The predicted octanol–water partition coefficient (Wildman–Crippen LogP) is 2.70. The van der Waals surface area contributed by atoms with Crippen LogP contribution in [0.25, 0.3) is 0 Å². The molecule has 1 aliphatic rings. The third kappa shape index (κ3) is 2.49. The Kier molecular flexibility index (Phi) is 3.48. The molecule has 92 valence electrons. The van der Waals surface area contributed by atoms with E-state index in [1.54, 1.807) is 23.1 Å². The summed E-state index contributed by atoms with van der Waals surface area (Å²) < 4.78 is 0.768. The van der Waals surface area contributed by atoms with Crippen LogP contribution >= 0.6 is 27.5 Å². The van der Waals surface area contributed by atoms with E-state index in [9.17, 15) is 9.90 Å². The van der Waals surface area contributed by atoms with Crippen LogP contribution in [-0.2, 0) is 0 Å². The Balaban J connectivity index is 2.09. The van der Waals surface area contributed by atoms with Gasteiger partial charge in [-0.05, 0) is 40.5 Å². The first-order valence-corrected chi connectivity index (χ1v) is 6.59. The minimum Gasteiger partial charge on any atom is -0.386 e. The normalized spacial score (nSPS) is 17.8. The second-order valence-electron chi connectivity index (χ2n) is 4.37. The number of benzene rings is 1. The van der Waals surface area contributed by atoms with E-state index in [0.29, 0.717) is 30.1 Å². The van der Waals surface area contributed by atoms with Crippen molar-refractivity contribution in [3.63, 3.8) is 0 Å². The van der Waals surface area contributed by atoms with E-state index < -0.39 is 5.60 Å². The highest BCUT2D eigenvalue weighted by molar-refractivity contribution is 9.10. The number of rotatable bonds is 2. The van der Waals surface area contributed by atoms with Gasteiger partial charge in [0.15, 0.2) is 0 Å². The van der Waals surface area contributed by atoms with Crippen LogP contribution in [-0.4, -0.2) is 34.6 Å². The van der Waals surface area contributed by atoms with E-state index in [4.69, 9.17) is 11.6 Å². The molecule has 3 nitrogen and oxygen atoms in total. The molecular weight excluding hydrogens is 305 g/mol. The van der Waals surface area contributed by atoms with Gasteiger partial charge in [0, 0.05) is 10.0 Å². The Morgan fingerprint density at radius 1 is 1.59 bits per heavy atom. The Morgan fingerprint density at radius 3 is 2.76 bits per heavy atom. The summed E-state index contributed by atoms with van der Waals surface area (Å²) in [6.45, 7) is 2.71. The number of carbonyl (C=O) groups excluding carboxylic acids is 1. The van der Waals surface area contributed by atoms with Crippen molar-refractivity contribution in [1.29, 1.82) is 0 Å². The molecule has 0 aromatic heterocycles. The third-order valence-corrected chi connectivity index (χ3v) is 4.31. The van der Waals surface area contributed by atoms with E-state index in [1.807, 2.05) is 6.92 Å². The molecular formula is C12H13BrClNO2. The van der Waals surface area contributed by atoms with Gasteiger partial charge in [-0.2, -0.15) is 0 Å². The highest BCUT2D eigenvalue weighted by Gasteiger charge is 2.42. The molecule has 0 spiro atoms. The van der Waals surface area contributed by atoms with Gasteiger partial charge in [0.2, 0.25) is 0 Å². The number of likely N-dealkylation sites (tertiary alicyclic amines) is 1. The standard InChI is InChI=1S/C12H13BrClNO2/c1-2-12(17)6-15(7-12)11(16)8-3-4-9(13)10(14)5-8/h3-5,17H,2,6-7H2,1H3. The molecule has 1 aromatic carbocycles. The first-order valence-electron chi connectivity index (χ1n) is 5.42. The first kappa shape index (κ1) is 12.9. The van der Waals surface area contributed by atoms with Gasteiger partial charge in [-0.1, -0.05) is 18.5 Å². The Bertz CT molecular complexity index is 458. The zero-order valence-corrected chi connectivity index (χ0v) is 11.8. The number of hydrogen-bond donors (Lipinski definition) is 1. The van der Waals surface area contributed by atoms with E-state index in [-0.39, 0.29) is 5.91 Å². The van der Waals surface area contributed by atoms with Crippen molar-refractivity contribution in [3.8, 4) is 0 Å². The molecule has 1 aliphatic heterocycles. The summed E-state index contributed by atoms with van der Waals surface area (Å²) >= 11 is 9.22. The van der Waals surface area contributed by atoms with Gasteiger partial charge in [-0.15, -0.1) is 0 Å². The molecule has 0 bridgehead atoms. The van der Waals surface area contributed by atoms with Crippen molar-refractivity contribution in [1.82, 2.24) is 4.90 Å². The van der Waals surface area contributed by atoms with Crippen LogP contribution in [0.3, 0.4) is 0 Å². The molecule has 1 N–H and O–H groups in total. The maximum Gasteiger partial charge on any atom is 0.254 e. The van der Waals surface area contributed by atoms with Crippen LogP contribution in [0, 0.1) is 0 Å². The Hall–Kier alpha value is -0.580. The SMILES string of the molecule is CCC1(O)CN(C(=O)c2ccc(Br)c(Cl)c2)C1. The van der Waals surface area contributed by atoms with Crippen LogP contribution in [0.1, 0.15) is 23.7 Å². The quantitative estimate of drug-likeness (QED) is 0.911. The maximum absolute atomic E-state index is 12.0. The lowest BCUT2D eigenvalue weighted by molar-refractivity contribution is -0.0826. The molecule has 0 radical (unpaired) electrons. The van der Waals surface area contributed by atoms with Gasteiger partial charge >= 0.3 is 0 Å². The van der Waals surface area contributed by atoms with Crippen molar-refractivity contribution in [3.05, 3.63) is 33.3 Å².